The molecule has 2 rings (SSSR count). The van der Waals surface area contributed by atoms with Crippen molar-refractivity contribution in [3.8, 4) is 0 Å². The maximum Gasteiger partial charge on any atom is 0.0401 e. The van der Waals surface area contributed by atoms with Crippen LogP contribution in [0.2, 0.25) is 0 Å². The second-order valence-corrected chi connectivity index (χ2v) is 7.87. The highest BCUT2D eigenvalue weighted by molar-refractivity contribution is 5.31. The topological polar surface area (TPSA) is 12.9 Å². The Bertz CT molecular complexity index is 646. The lowest BCUT2D eigenvalue weighted by Crippen LogP contribution is -2.12. The maximum absolute atomic E-state index is 4.35. The van der Waals surface area contributed by atoms with Gasteiger partial charge in [0.15, 0.2) is 0 Å². The fraction of sp³-hybridized carbons (Fsp3) is 0.500. The molecule has 0 aliphatic rings. The number of aromatic nitrogens is 1. The predicted octanol–water partition coefficient (Wildman–Crippen LogP) is 6.42. The minimum atomic E-state index is 0.214. The van der Waals surface area contributed by atoms with Gasteiger partial charge in [-0.1, -0.05) is 58.9 Å². The van der Waals surface area contributed by atoms with E-state index in [-0.39, 0.29) is 5.41 Å². The van der Waals surface area contributed by atoms with Crippen LogP contribution in [-0.4, -0.2) is 4.98 Å². The molecule has 0 atom stereocenters. The van der Waals surface area contributed by atoms with E-state index in [2.05, 4.69) is 84.6 Å². The van der Waals surface area contributed by atoms with Crippen molar-refractivity contribution in [3.05, 3.63) is 64.0 Å². The van der Waals surface area contributed by atoms with Gasteiger partial charge < -0.3 is 0 Å². The van der Waals surface area contributed by atoms with Gasteiger partial charge in [-0.05, 0) is 66.8 Å². The van der Waals surface area contributed by atoms with E-state index in [1.54, 1.807) is 0 Å². The van der Waals surface area contributed by atoms with Gasteiger partial charge in [0, 0.05) is 11.9 Å². The molecule has 0 saturated carbocycles. The molecule has 1 nitrogen and oxygen atoms in total. The van der Waals surface area contributed by atoms with Gasteiger partial charge >= 0.3 is 0 Å². The van der Waals surface area contributed by atoms with Gasteiger partial charge in [0.05, 0.1) is 0 Å². The Balaban J connectivity index is 0.000000231. The van der Waals surface area contributed by atoms with E-state index in [0.29, 0.717) is 5.92 Å². The summed E-state index contributed by atoms with van der Waals surface area (Å²) in [5, 5.41) is 0. The first-order valence-corrected chi connectivity index (χ1v) is 8.53. The first-order chi connectivity index (χ1) is 10.5. The smallest absolute Gasteiger partial charge is 0.0401 e. The molecule has 1 heterocycles. The maximum atomic E-state index is 4.35. The van der Waals surface area contributed by atoms with Crippen LogP contribution in [0.15, 0.2) is 30.5 Å². The molecule has 0 N–H and O–H groups in total. The average Bonchev–Trinajstić information content (AvgIpc) is 2.44. The summed E-state index contributed by atoms with van der Waals surface area (Å²) < 4.78 is 0. The average molecular weight is 312 g/mol. The number of benzene rings is 1. The number of aryl methyl sites for hydroxylation is 4. The van der Waals surface area contributed by atoms with E-state index in [0.717, 1.165) is 5.69 Å². The Morgan fingerprint density at radius 2 is 1.43 bits per heavy atom. The lowest BCUT2D eigenvalue weighted by atomic mass is 9.87. The Morgan fingerprint density at radius 1 is 0.826 bits per heavy atom. The Morgan fingerprint density at radius 3 is 1.87 bits per heavy atom. The van der Waals surface area contributed by atoms with Crippen molar-refractivity contribution in [2.45, 2.75) is 73.6 Å². The molecule has 0 aliphatic heterocycles. The van der Waals surface area contributed by atoms with Gasteiger partial charge in [-0.2, -0.15) is 0 Å². The van der Waals surface area contributed by atoms with E-state index in [9.17, 15) is 0 Å². The molecule has 1 heteroatoms. The van der Waals surface area contributed by atoms with Crippen molar-refractivity contribution in [3.63, 3.8) is 0 Å². The van der Waals surface area contributed by atoms with Crippen LogP contribution in [0.25, 0.3) is 0 Å². The molecule has 0 amide bonds. The summed E-state index contributed by atoms with van der Waals surface area (Å²) in [7, 11) is 0. The molecule has 2 aromatic rings. The Kier molecular flexibility index (Phi) is 6.56. The zero-order chi connectivity index (χ0) is 17.8. The van der Waals surface area contributed by atoms with Crippen LogP contribution >= 0.6 is 0 Å². The molecular weight excluding hydrogens is 278 g/mol. The van der Waals surface area contributed by atoms with Gasteiger partial charge in [-0.25, -0.2) is 0 Å². The summed E-state index contributed by atoms with van der Waals surface area (Å²) in [6, 6.07) is 8.92. The molecule has 1 aromatic carbocycles. The van der Waals surface area contributed by atoms with E-state index < -0.39 is 0 Å². The minimum absolute atomic E-state index is 0.214. The first kappa shape index (κ1) is 19.4. The highest BCUT2D eigenvalue weighted by Crippen LogP contribution is 2.22. The van der Waals surface area contributed by atoms with Crippen LogP contribution in [-0.2, 0) is 5.41 Å². The number of rotatable bonds is 1. The van der Waals surface area contributed by atoms with Crippen molar-refractivity contribution in [2.75, 3.05) is 0 Å². The van der Waals surface area contributed by atoms with Gasteiger partial charge in [-0.3, -0.25) is 4.98 Å². The van der Waals surface area contributed by atoms with Crippen LogP contribution in [0.1, 0.15) is 74.0 Å². The predicted molar refractivity (Wildman–Crippen MR) is 102 cm³/mol. The molecule has 1 aromatic heterocycles. The molecule has 0 aliphatic carbocycles. The summed E-state index contributed by atoms with van der Waals surface area (Å²) in [6.45, 7) is 19.5. The molecule has 0 fully saturated rings. The summed E-state index contributed by atoms with van der Waals surface area (Å²) in [5.74, 6) is 0.647. The SMILES string of the molecule is Cc1cc(C(C)(C)C)cnc1C.Cc1ccc(C(C)C)cc1C. The zero-order valence-electron chi connectivity index (χ0n) is 16.4. The zero-order valence-corrected chi connectivity index (χ0v) is 16.4. The monoisotopic (exact) mass is 311 g/mol. The van der Waals surface area contributed by atoms with Gasteiger partial charge in [0.25, 0.3) is 0 Å². The lowest BCUT2D eigenvalue weighted by Gasteiger charge is -2.19. The quantitative estimate of drug-likeness (QED) is 0.592. The standard InChI is InChI=1S/C11H17N.C11H16/c1-8-6-10(11(3,4)5)7-12-9(8)2;1-8(2)11-6-5-9(3)10(4)7-11/h6-7H,1-5H3;5-8H,1-4H3. The molecule has 126 valence electrons. The minimum Gasteiger partial charge on any atom is -0.261 e. The second-order valence-electron chi connectivity index (χ2n) is 7.87. The number of hydrogen-bond donors (Lipinski definition) is 0. The number of hydrogen-bond acceptors (Lipinski definition) is 1. The fourth-order valence-corrected chi connectivity index (χ4v) is 2.18. The summed E-state index contributed by atoms with van der Waals surface area (Å²) >= 11 is 0. The molecule has 0 saturated heterocycles. The normalized spacial score (nSPS) is 11.2. The van der Waals surface area contributed by atoms with Crippen LogP contribution in [0.3, 0.4) is 0 Å². The van der Waals surface area contributed by atoms with Crippen molar-refractivity contribution < 1.29 is 0 Å². The van der Waals surface area contributed by atoms with E-state index in [1.165, 1.54) is 27.8 Å². The van der Waals surface area contributed by atoms with Crippen molar-refractivity contribution >= 4 is 0 Å². The number of nitrogens with zero attached hydrogens (tertiary/aromatic N) is 1. The molecule has 0 radical (unpaired) electrons. The van der Waals surface area contributed by atoms with Gasteiger partial charge in [-0.15, -0.1) is 0 Å². The van der Waals surface area contributed by atoms with Crippen LogP contribution in [0.4, 0.5) is 0 Å². The molecule has 23 heavy (non-hydrogen) atoms. The first-order valence-electron chi connectivity index (χ1n) is 8.53. The Labute approximate surface area is 143 Å². The third-order valence-corrected chi connectivity index (χ3v) is 4.40. The number of pyridine rings is 1. The van der Waals surface area contributed by atoms with Crippen molar-refractivity contribution in [1.29, 1.82) is 0 Å². The third-order valence-electron chi connectivity index (χ3n) is 4.40. The van der Waals surface area contributed by atoms with Crippen LogP contribution in [0.5, 0.6) is 0 Å². The lowest BCUT2D eigenvalue weighted by molar-refractivity contribution is 0.586. The highest BCUT2D eigenvalue weighted by atomic mass is 14.7. The van der Waals surface area contributed by atoms with E-state index in [4.69, 9.17) is 0 Å². The van der Waals surface area contributed by atoms with Gasteiger partial charge in [0.1, 0.15) is 0 Å². The largest absolute Gasteiger partial charge is 0.261 e. The van der Waals surface area contributed by atoms with Crippen LogP contribution in [0, 0.1) is 27.7 Å². The molecule has 0 spiro atoms. The Hall–Kier alpha value is -1.63. The third kappa shape index (κ3) is 5.82. The fourth-order valence-electron chi connectivity index (χ4n) is 2.18. The summed E-state index contributed by atoms with van der Waals surface area (Å²) in [4.78, 5) is 4.35. The summed E-state index contributed by atoms with van der Waals surface area (Å²) in [5.41, 5.74) is 8.15. The highest BCUT2D eigenvalue weighted by Gasteiger charge is 2.14. The molecular formula is C22H33N. The molecule has 0 unspecified atom stereocenters. The second kappa shape index (κ2) is 7.77. The van der Waals surface area contributed by atoms with E-state index >= 15 is 0 Å². The summed E-state index contributed by atoms with van der Waals surface area (Å²) in [6.07, 6.45) is 1.97. The van der Waals surface area contributed by atoms with E-state index in [1.807, 2.05) is 13.1 Å². The van der Waals surface area contributed by atoms with Crippen molar-refractivity contribution in [1.82, 2.24) is 4.98 Å². The van der Waals surface area contributed by atoms with Gasteiger partial charge in [0.2, 0.25) is 0 Å². The van der Waals surface area contributed by atoms with Crippen molar-refractivity contribution in [2.24, 2.45) is 0 Å². The molecule has 0 bridgehead atoms. The van der Waals surface area contributed by atoms with Crippen LogP contribution < -0.4 is 0 Å².